The summed E-state index contributed by atoms with van der Waals surface area (Å²) >= 11 is 0. The maximum Gasteiger partial charge on any atom is 0.264 e. The standard InChI is InChI=1S/C31H34N7O/c1-36(2)21-30(39)37-15-12-22(13-16-37)18-28-29-20-33-14-17-38(29,32)31(35-28)25-9-8-24-10-11-26(34-27(24)19-25)23-6-4-3-5-7-23/h3-11,14,17,19-20,22H,12-13,15-16,18,21,32H2,1-2H3/q+1. The fraction of sp³-hybridized carbons (Fsp3) is 0.290. The molecule has 1 atom stereocenters. The smallest absolute Gasteiger partial charge is 0.264 e. The number of aliphatic imine (C=N–C) groups is 2. The van der Waals surface area contributed by atoms with Crippen LogP contribution in [0.5, 0.6) is 0 Å². The number of amidine groups is 1. The van der Waals surface area contributed by atoms with Crippen LogP contribution in [0.2, 0.25) is 0 Å². The number of carbonyl (C=O) groups is 1. The number of likely N-dealkylation sites (N-methyl/N-ethyl adjacent to an activating group) is 1. The lowest BCUT2D eigenvalue weighted by atomic mass is 9.91. The number of allylic oxidation sites excluding steroid dienone is 2. The van der Waals surface area contributed by atoms with Crippen molar-refractivity contribution in [1.29, 1.82) is 0 Å². The van der Waals surface area contributed by atoms with Gasteiger partial charge in [-0.05, 0) is 57.5 Å². The summed E-state index contributed by atoms with van der Waals surface area (Å²) in [5, 5.41) is 1.07. The molecule has 1 saturated heterocycles. The Morgan fingerprint density at radius 1 is 1.05 bits per heavy atom. The number of fused-ring (bicyclic) bond motifs is 2. The van der Waals surface area contributed by atoms with E-state index in [9.17, 15) is 4.79 Å². The first-order valence-corrected chi connectivity index (χ1v) is 13.5. The number of amides is 1. The number of hydrogen-bond acceptors (Lipinski definition) is 6. The normalized spacial score (nSPS) is 21.1. The van der Waals surface area contributed by atoms with E-state index in [2.05, 4.69) is 47.5 Å². The van der Waals surface area contributed by atoms with Gasteiger partial charge in [0.2, 0.25) is 11.6 Å². The van der Waals surface area contributed by atoms with Crippen molar-refractivity contribution in [2.45, 2.75) is 19.3 Å². The molecule has 39 heavy (non-hydrogen) atoms. The molecule has 0 aliphatic carbocycles. The third-order valence-corrected chi connectivity index (χ3v) is 7.79. The quantitative estimate of drug-likeness (QED) is 0.388. The second kappa shape index (κ2) is 10.3. The van der Waals surface area contributed by atoms with Crippen LogP contribution < -0.4 is 5.84 Å². The number of likely N-dealkylation sites (tertiary alicyclic amines) is 1. The van der Waals surface area contributed by atoms with Gasteiger partial charge >= 0.3 is 0 Å². The minimum absolute atomic E-state index is 0.00286. The van der Waals surface area contributed by atoms with E-state index in [4.69, 9.17) is 15.8 Å². The predicted octanol–water partition coefficient (Wildman–Crippen LogP) is 4.31. The first kappa shape index (κ1) is 25.3. The van der Waals surface area contributed by atoms with Gasteiger partial charge in [0.1, 0.15) is 11.9 Å². The number of carbonyl (C=O) groups excluding carboxylic acids is 1. The number of rotatable bonds is 6. The molecule has 8 nitrogen and oxygen atoms in total. The molecule has 6 rings (SSSR count). The lowest BCUT2D eigenvalue weighted by Gasteiger charge is -2.32. The Labute approximate surface area is 229 Å². The summed E-state index contributed by atoms with van der Waals surface area (Å²) in [5.74, 6) is 8.42. The van der Waals surface area contributed by atoms with Crippen LogP contribution in [-0.2, 0) is 4.79 Å². The zero-order chi connectivity index (χ0) is 27.0. The summed E-state index contributed by atoms with van der Waals surface area (Å²) in [5.41, 5.74) is 5.75. The van der Waals surface area contributed by atoms with Gasteiger partial charge in [-0.3, -0.25) is 9.79 Å². The lowest BCUT2D eigenvalue weighted by Crippen LogP contribution is -2.53. The molecule has 3 aliphatic rings. The van der Waals surface area contributed by atoms with E-state index in [0.29, 0.717) is 12.5 Å². The van der Waals surface area contributed by atoms with E-state index in [-0.39, 0.29) is 10.5 Å². The molecule has 1 amide bonds. The molecule has 1 unspecified atom stereocenters. The first-order valence-electron chi connectivity index (χ1n) is 13.5. The van der Waals surface area contributed by atoms with Gasteiger partial charge in [-0.2, -0.15) is 10.8 Å². The summed E-state index contributed by atoms with van der Waals surface area (Å²) in [6.45, 7) is 2.03. The van der Waals surface area contributed by atoms with Crippen LogP contribution in [0.3, 0.4) is 0 Å². The van der Waals surface area contributed by atoms with Crippen molar-refractivity contribution in [2.75, 3.05) is 33.7 Å². The monoisotopic (exact) mass is 520 g/mol. The second-order valence-electron chi connectivity index (χ2n) is 10.9. The van der Waals surface area contributed by atoms with Crippen molar-refractivity contribution in [1.82, 2.24) is 14.8 Å². The van der Waals surface area contributed by atoms with E-state index >= 15 is 0 Å². The fourth-order valence-electron chi connectivity index (χ4n) is 5.66. The molecule has 3 aliphatic heterocycles. The highest BCUT2D eigenvalue weighted by atomic mass is 16.2. The Balaban J connectivity index is 1.26. The molecule has 0 saturated carbocycles. The van der Waals surface area contributed by atoms with Crippen LogP contribution in [0.25, 0.3) is 22.2 Å². The van der Waals surface area contributed by atoms with Gasteiger partial charge < -0.3 is 9.80 Å². The molecule has 2 N–H and O–H groups in total. The largest absolute Gasteiger partial charge is 0.342 e. The molecule has 0 radical (unpaired) electrons. The molecular formula is C31H34N7O+. The minimum Gasteiger partial charge on any atom is -0.342 e. The molecule has 198 valence electrons. The van der Waals surface area contributed by atoms with Crippen LogP contribution in [0.15, 0.2) is 94.4 Å². The van der Waals surface area contributed by atoms with Gasteiger partial charge in [0.15, 0.2) is 0 Å². The number of piperidine rings is 1. The van der Waals surface area contributed by atoms with Gasteiger partial charge in [-0.15, -0.1) is 4.59 Å². The van der Waals surface area contributed by atoms with Gasteiger partial charge in [0.05, 0.1) is 35.7 Å². The average Bonchev–Trinajstić information content (AvgIpc) is 3.24. The maximum atomic E-state index is 12.5. The van der Waals surface area contributed by atoms with E-state index in [1.165, 1.54) is 0 Å². The number of nitrogens with two attached hydrogens (primary N) is 1. The van der Waals surface area contributed by atoms with Crippen LogP contribution in [-0.4, -0.2) is 71.1 Å². The molecule has 3 aromatic rings. The Morgan fingerprint density at radius 2 is 1.82 bits per heavy atom. The van der Waals surface area contributed by atoms with Crippen molar-refractivity contribution in [3.63, 3.8) is 0 Å². The highest BCUT2D eigenvalue weighted by Crippen LogP contribution is 2.36. The van der Waals surface area contributed by atoms with Crippen molar-refractivity contribution in [2.24, 2.45) is 21.7 Å². The van der Waals surface area contributed by atoms with Crippen LogP contribution >= 0.6 is 0 Å². The molecule has 2 aromatic carbocycles. The summed E-state index contributed by atoms with van der Waals surface area (Å²) < 4.78 is 0.00286. The predicted molar refractivity (Wildman–Crippen MR) is 155 cm³/mol. The van der Waals surface area contributed by atoms with E-state index in [1.807, 2.05) is 54.5 Å². The Bertz CT molecular complexity index is 1530. The Kier molecular flexibility index (Phi) is 6.68. The zero-order valence-electron chi connectivity index (χ0n) is 22.5. The third kappa shape index (κ3) is 4.94. The summed E-state index contributed by atoms with van der Waals surface area (Å²) in [6.07, 6.45) is 8.20. The number of aromatic nitrogens is 1. The van der Waals surface area contributed by atoms with E-state index in [0.717, 1.165) is 77.3 Å². The van der Waals surface area contributed by atoms with Crippen LogP contribution in [0, 0.1) is 5.92 Å². The topological polar surface area (TPSA) is 87.2 Å². The molecule has 4 heterocycles. The Hall–Kier alpha value is -3.98. The van der Waals surface area contributed by atoms with Crippen LogP contribution in [0.1, 0.15) is 24.8 Å². The van der Waals surface area contributed by atoms with Crippen molar-refractivity contribution < 1.29 is 9.39 Å². The van der Waals surface area contributed by atoms with Crippen molar-refractivity contribution in [3.05, 3.63) is 90.0 Å². The van der Waals surface area contributed by atoms with Crippen LogP contribution in [0.4, 0.5) is 0 Å². The molecular weight excluding hydrogens is 486 g/mol. The fourth-order valence-corrected chi connectivity index (χ4v) is 5.66. The summed E-state index contributed by atoms with van der Waals surface area (Å²) in [7, 11) is 3.86. The maximum absolute atomic E-state index is 12.5. The number of quaternary nitrogens is 1. The lowest BCUT2D eigenvalue weighted by molar-refractivity contribution is -0.750. The second-order valence-corrected chi connectivity index (χ2v) is 10.9. The molecule has 0 spiro atoms. The minimum atomic E-state index is 0.00286. The SMILES string of the molecule is CN(C)CC(=O)N1CCC(CC2=C3C=NC=C[N+]3(N)C(c3ccc4ccc(-c5ccccc5)nc4c3)=N2)CC1. The van der Waals surface area contributed by atoms with Crippen molar-refractivity contribution in [3.8, 4) is 11.3 Å². The highest BCUT2D eigenvalue weighted by Gasteiger charge is 2.44. The highest BCUT2D eigenvalue weighted by molar-refractivity contribution is 6.02. The van der Waals surface area contributed by atoms with Crippen molar-refractivity contribution >= 4 is 28.9 Å². The average molecular weight is 521 g/mol. The third-order valence-electron chi connectivity index (χ3n) is 7.79. The molecule has 1 fully saturated rings. The molecule has 0 bridgehead atoms. The zero-order valence-corrected chi connectivity index (χ0v) is 22.5. The van der Waals surface area contributed by atoms with Gasteiger partial charge in [0, 0.05) is 24.0 Å². The Morgan fingerprint density at radius 3 is 2.59 bits per heavy atom. The summed E-state index contributed by atoms with van der Waals surface area (Å²) in [4.78, 5) is 30.9. The molecule has 1 aromatic heterocycles. The number of benzene rings is 2. The van der Waals surface area contributed by atoms with Gasteiger partial charge in [-0.1, -0.05) is 42.5 Å². The molecule has 8 heteroatoms. The summed E-state index contributed by atoms with van der Waals surface area (Å²) in [6, 6.07) is 20.6. The van der Waals surface area contributed by atoms with Gasteiger partial charge in [-0.25, -0.2) is 4.98 Å². The van der Waals surface area contributed by atoms with E-state index in [1.54, 1.807) is 6.20 Å². The first-order chi connectivity index (χ1) is 18.9. The number of nitrogens with zero attached hydrogens (tertiary/aromatic N) is 6. The number of hydrogen-bond donors (Lipinski definition) is 1. The number of pyridine rings is 1. The van der Waals surface area contributed by atoms with E-state index < -0.39 is 0 Å². The van der Waals surface area contributed by atoms with Gasteiger partial charge in [0.25, 0.3) is 5.84 Å².